The van der Waals surface area contributed by atoms with Gasteiger partial charge in [-0.25, -0.2) is 0 Å². The average Bonchev–Trinajstić information content (AvgIpc) is 2.43. The first-order valence-electron chi connectivity index (χ1n) is 5.29. The molecule has 0 atom stereocenters. The summed E-state index contributed by atoms with van der Waals surface area (Å²) in [6, 6.07) is 0. The second-order valence-corrected chi connectivity index (χ2v) is 3.94. The van der Waals surface area contributed by atoms with E-state index in [1.165, 1.54) is 11.3 Å². The molecule has 0 aromatic heterocycles. The van der Waals surface area contributed by atoms with Gasteiger partial charge in [0, 0.05) is 25.4 Å². The number of rotatable bonds is 2. The molecule has 1 fully saturated rings. The Bertz CT molecular complexity index is 235. The van der Waals surface area contributed by atoms with Crippen LogP contribution in [-0.2, 0) is 4.74 Å². The second kappa shape index (κ2) is 5.20. The molecule has 0 aromatic carbocycles. The molecule has 0 radical (unpaired) electrons. The van der Waals surface area contributed by atoms with E-state index in [1.54, 1.807) is 0 Å². The average molecular weight is 195 g/mol. The van der Waals surface area contributed by atoms with E-state index in [2.05, 4.69) is 32.3 Å². The second-order valence-electron chi connectivity index (χ2n) is 3.94. The van der Waals surface area contributed by atoms with Gasteiger partial charge < -0.3 is 9.64 Å². The van der Waals surface area contributed by atoms with Gasteiger partial charge in [-0.05, 0) is 32.8 Å². The van der Waals surface area contributed by atoms with Crippen LogP contribution in [-0.4, -0.2) is 31.2 Å². The molecule has 1 aliphatic rings. The Morgan fingerprint density at radius 3 is 2.50 bits per heavy atom. The van der Waals surface area contributed by atoms with Crippen LogP contribution in [0.25, 0.3) is 0 Å². The summed E-state index contributed by atoms with van der Waals surface area (Å²) in [6.07, 6.45) is 1.13. The molecule has 1 saturated heterocycles. The SMILES string of the molecule is C=C(C)C(C)=C(C)N1CCCOCC1. The standard InChI is InChI=1S/C12H21NO/c1-10(2)11(3)12(4)13-6-5-8-14-9-7-13/h1,5-9H2,2-4H3. The smallest absolute Gasteiger partial charge is 0.0641 e. The van der Waals surface area contributed by atoms with Crippen molar-refractivity contribution in [1.82, 2.24) is 4.90 Å². The molecule has 2 nitrogen and oxygen atoms in total. The molecule has 0 amide bonds. The van der Waals surface area contributed by atoms with Crippen LogP contribution in [0.3, 0.4) is 0 Å². The molecule has 14 heavy (non-hydrogen) atoms. The quantitative estimate of drug-likeness (QED) is 0.628. The van der Waals surface area contributed by atoms with Gasteiger partial charge in [0.2, 0.25) is 0 Å². The first-order valence-corrected chi connectivity index (χ1v) is 5.29. The molecule has 80 valence electrons. The summed E-state index contributed by atoms with van der Waals surface area (Å²) in [7, 11) is 0. The number of ether oxygens (including phenoxy) is 1. The van der Waals surface area contributed by atoms with E-state index in [4.69, 9.17) is 4.74 Å². The molecule has 1 heterocycles. The van der Waals surface area contributed by atoms with E-state index in [1.807, 2.05) is 0 Å². The molecular formula is C12H21NO. The molecule has 0 aliphatic carbocycles. The summed E-state index contributed by atoms with van der Waals surface area (Å²) in [5.41, 5.74) is 3.82. The Morgan fingerprint density at radius 1 is 1.14 bits per heavy atom. The van der Waals surface area contributed by atoms with Gasteiger partial charge in [-0.15, -0.1) is 0 Å². The van der Waals surface area contributed by atoms with E-state index < -0.39 is 0 Å². The highest BCUT2D eigenvalue weighted by Gasteiger charge is 2.11. The summed E-state index contributed by atoms with van der Waals surface area (Å²) >= 11 is 0. The maximum Gasteiger partial charge on any atom is 0.0641 e. The van der Waals surface area contributed by atoms with Crippen LogP contribution < -0.4 is 0 Å². The summed E-state index contributed by atoms with van der Waals surface area (Å²) in [5.74, 6) is 0. The summed E-state index contributed by atoms with van der Waals surface area (Å²) in [4.78, 5) is 2.40. The molecule has 0 bridgehead atoms. The first kappa shape index (κ1) is 11.3. The van der Waals surface area contributed by atoms with Gasteiger partial charge in [0.05, 0.1) is 6.61 Å². The van der Waals surface area contributed by atoms with Crippen molar-refractivity contribution in [3.8, 4) is 0 Å². The minimum atomic E-state index is 0.848. The molecule has 2 heteroatoms. The fourth-order valence-corrected chi connectivity index (χ4v) is 1.63. The Hall–Kier alpha value is -0.760. The van der Waals surface area contributed by atoms with Crippen molar-refractivity contribution in [2.24, 2.45) is 0 Å². The Kier molecular flexibility index (Phi) is 4.21. The van der Waals surface area contributed by atoms with Gasteiger partial charge in [0.25, 0.3) is 0 Å². The molecule has 1 rings (SSSR count). The highest BCUT2D eigenvalue weighted by Crippen LogP contribution is 2.16. The van der Waals surface area contributed by atoms with Crippen molar-refractivity contribution < 1.29 is 4.74 Å². The number of hydrogen-bond donors (Lipinski definition) is 0. The molecule has 0 spiro atoms. The van der Waals surface area contributed by atoms with Crippen molar-refractivity contribution in [3.05, 3.63) is 23.4 Å². The molecular weight excluding hydrogens is 174 g/mol. The lowest BCUT2D eigenvalue weighted by molar-refractivity contribution is 0.145. The number of nitrogens with zero attached hydrogens (tertiary/aromatic N) is 1. The lowest BCUT2D eigenvalue weighted by Crippen LogP contribution is -2.25. The third kappa shape index (κ3) is 2.88. The van der Waals surface area contributed by atoms with Crippen LogP contribution in [0.4, 0.5) is 0 Å². The zero-order valence-electron chi connectivity index (χ0n) is 9.60. The molecule has 0 saturated carbocycles. The highest BCUT2D eigenvalue weighted by atomic mass is 16.5. The Morgan fingerprint density at radius 2 is 1.86 bits per heavy atom. The van der Waals surface area contributed by atoms with Crippen molar-refractivity contribution in [2.45, 2.75) is 27.2 Å². The summed E-state index contributed by atoms with van der Waals surface area (Å²) in [5, 5.41) is 0. The Labute approximate surface area is 87.2 Å². The van der Waals surface area contributed by atoms with Gasteiger partial charge in [-0.1, -0.05) is 12.2 Å². The highest BCUT2D eigenvalue weighted by molar-refractivity contribution is 5.28. The first-order chi connectivity index (χ1) is 6.63. The maximum atomic E-state index is 5.43. The topological polar surface area (TPSA) is 12.5 Å². The van der Waals surface area contributed by atoms with E-state index in [-0.39, 0.29) is 0 Å². The van der Waals surface area contributed by atoms with Crippen LogP contribution >= 0.6 is 0 Å². The number of allylic oxidation sites excluding steroid dienone is 3. The van der Waals surface area contributed by atoms with Crippen LogP contribution in [0.1, 0.15) is 27.2 Å². The van der Waals surface area contributed by atoms with E-state index >= 15 is 0 Å². The van der Waals surface area contributed by atoms with Gasteiger partial charge in [0.1, 0.15) is 0 Å². The van der Waals surface area contributed by atoms with Crippen molar-refractivity contribution in [1.29, 1.82) is 0 Å². The predicted octanol–water partition coefficient (Wildman–Crippen LogP) is 2.58. The maximum absolute atomic E-state index is 5.43. The fraction of sp³-hybridized carbons (Fsp3) is 0.667. The largest absolute Gasteiger partial charge is 0.380 e. The van der Waals surface area contributed by atoms with Crippen molar-refractivity contribution in [2.75, 3.05) is 26.3 Å². The Balaban J connectivity index is 2.70. The van der Waals surface area contributed by atoms with Gasteiger partial charge in [0.15, 0.2) is 0 Å². The predicted molar refractivity (Wildman–Crippen MR) is 60.2 cm³/mol. The lowest BCUT2D eigenvalue weighted by Gasteiger charge is -2.24. The number of hydrogen-bond acceptors (Lipinski definition) is 2. The monoisotopic (exact) mass is 195 g/mol. The summed E-state index contributed by atoms with van der Waals surface area (Å²) < 4.78 is 5.43. The third-order valence-corrected chi connectivity index (χ3v) is 2.88. The fourth-order valence-electron chi connectivity index (χ4n) is 1.63. The van der Waals surface area contributed by atoms with Crippen LogP contribution in [0, 0.1) is 0 Å². The van der Waals surface area contributed by atoms with Gasteiger partial charge in [-0.3, -0.25) is 0 Å². The van der Waals surface area contributed by atoms with Crippen LogP contribution in [0.2, 0.25) is 0 Å². The molecule has 0 N–H and O–H groups in total. The van der Waals surface area contributed by atoms with Crippen molar-refractivity contribution in [3.63, 3.8) is 0 Å². The lowest BCUT2D eigenvalue weighted by atomic mass is 10.1. The summed E-state index contributed by atoms with van der Waals surface area (Å²) in [6.45, 7) is 14.2. The normalized spacial score (nSPS) is 20.1. The zero-order chi connectivity index (χ0) is 10.6. The van der Waals surface area contributed by atoms with Crippen LogP contribution in [0.15, 0.2) is 23.4 Å². The van der Waals surface area contributed by atoms with E-state index in [0.29, 0.717) is 0 Å². The molecule has 0 unspecified atom stereocenters. The molecule has 1 aliphatic heterocycles. The van der Waals surface area contributed by atoms with E-state index in [0.717, 1.165) is 38.3 Å². The van der Waals surface area contributed by atoms with Gasteiger partial charge >= 0.3 is 0 Å². The third-order valence-electron chi connectivity index (χ3n) is 2.88. The minimum Gasteiger partial charge on any atom is -0.380 e. The van der Waals surface area contributed by atoms with Crippen LogP contribution in [0.5, 0.6) is 0 Å². The molecule has 0 aromatic rings. The zero-order valence-corrected chi connectivity index (χ0v) is 9.60. The van der Waals surface area contributed by atoms with Crippen molar-refractivity contribution >= 4 is 0 Å². The van der Waals surface area contributed by atoms with E-state index in [9.17, 15) is 0 Å². The van der Waals surface area contributed by atoms with Gasteiger partial charge in [-0.2, -0.15) is 0 Å². The minimum absolute atomic E-state index is 0.848.